The zero-order valence-corrected chi connectivity index (χ0v) is 13.5. The van der Waals surface area contributed by atoms with Crippen LogP contribution in [-0.2, 0) is 4.74 Å². The topological polar surface area (TPSA) is 83.4 Å². The van der Waals surface area contributed by atoms with E-state index in [4.69, 9.17) is 9.15 Å². The standard InChI is InChI=1S/C16H22N4O3/c1-16(2,20-5-8-22-9-6-20)11-17-15(21)13-10-12(18-19-13)14-4-3-7-23-14/h3-4,7,10H,5-6,8-9,11H2,1-2H3,(H,17,21)(H,18,19). The molecule has 7 nitrogen and oxygen atoms in total. The number of morpholine rings is 1. The van der Waals surface area contributed by atoms with E-state index < -0.39 is 0 Å². The Bertz CT molecular complexity index is 642. The number of H-pyrrole nitrogens is 1. The van der Waals surface area contributed by atoms with Crippen molar-refractivity contribution in [3.05, 3.63) is 30.2 Å². The third-order valence-electron chi connectivity index (χ3n) is 4.15. The maximum absolute atomic E-state index is 12.3. The van der Waals surface area contributed by atoms with Gasteiger partial charge in [0.25, 0.3) is 5.91 Å². The molecule has 0 saturated carbocycles. The van der Waals surface area contributed by atoms with Crippen LogP contribution in [0.2, 0.25) is 0 Å². The molecule has 0 aromatic carbocycles. The number of aromatic amines is 1. The van der Waals surface area contributed by atoms with Gasteiger partial charge in [-0.25, -0.2) is 0 Å². The highest BCUT2D eigenvalue weighted by Crippen LogP contribution is 2.18. The minimum absolute atomic E-state index is 0.125. The number of carbonyl (C=O) groups is 1. The highest BCUT2D eigenvalue weighted by Gasteiger charge is 2.29. The van der Waals surface area contributed by atoms with Gasteiger partial charge in [-0.15, -0.1) is 0 Å². The van der Waals surface area contributed by atoms with Crippen molar-refractivity contribution in [2.24, 2.45) is 0 Å². The molecule has 0 spiro atoms. The highest BCUT2D eigenvalue weighted by molar-refractivity contribution is 5.93. The van der Waals surface area contributed by atoms with Gasteiger partial charge in [0, 0.05) is 31.2 Å². The van der Waals surface area contributed by atoms with Gasteiger partial charge in [0.15, 0.2) is 11.5 Å². The van der Waals surface area contributed by atoms with Crippen LogP contribution < -0.4 is 5.32 Å². The normalized spacial score (nSPS) is 16.4. The van der Waals surface area contributed by atoms with Crippen molar-refractivity contribution in [3.8, 4) is 11.5 Å². The molecule has 0 aliphatic carbocycles. The molecule has 1 aliphatic rings. The van der Waals surface area contributed by atoms with Crippen molar-refractivity contribution in [3.63, 3.8) is 0 Å². The number of hydrogen-bond donors (Lipinski definition) is 2. The molecule has 23 heavy (non-hydrogen) atoms. The summed E-state index contributed by atoms with van der Waals surface area (Å²) < 4.78 is 10.7. The van der Waals surface area contributed by atoms with E-state index in [2.05, 4.69) is 34.3 Å². The van der Waals surface area contributed by atoms with Crippen LogP contribution in [0.5, 0.6) is 0 Å². The molecule has 0 bridgehead atoms. The number of hydrogen-bond acceptors (Lipinski definition) is 5. The van der Waals surface area contributed by atoms with Gasteiger partial charge in [0.1, 0.15) is 5.69 Å². The minimum atomic E-state index is -0.194. The van der Waals surface area contributed by atoms with Crippen LogP contribution in [0.4, 0.5) is 0 Å². The predicted octanol–water partition coefficient (Wildman–Crippen LogP) is 1.51. The van der Waals surface area contributed by atoms with Gasteiger partial charge in [-0.1, -0.05) is 0 Å². The van der Waals surface area contributed by atoms with Crippen LogP contribution in [0.3, 0.4) is 0 Å². The molecule has 124 valence electrons. The van der Waals surface area contributed by atoms with Crippen molar-refractivity contribution < 1.29 is 13.9 Å². The molecule has 0 radical (unpaired) electrons. The average Bonchev–Trinajstić information content (AvgIpc) is 3.24. The lowest BCUT2D eigenvalue weighted by Crippen LogP contribution is -2.55. The maximum atomic E-state index is 12.3. The van der Waals surface area contributed by atoms with Crippen molar-refractivity contribution >= 4 is 5.91 Å². The first-order valence-corrected chi connectivity index (χ1v) is 7.76. The third kappa shape index (κ3) is 3.62. The van der Waals surface area contributed by atoms with Crippen LogP contribution >= 0.6 is 0 Å². The molecule has 2 aromatic heterocycles. The van der Waals surface area contributed by atoms with E-state index in [1.807, 2.05) is 6.07 Å². The number of nitrogens with zero attached hydrogens (tertiary/aromatic N) is 2. The van der Waals surface area contributed by atoms with Crippen LogP contribution in [0.25, 0.3) is 11.5 Å². The largest absolute Gasteiger partial charge is 0.463 e. The van der Waals surface area contributed by atoms with E-state index in [1.54, 1.807) is 18.4 Å². The number of amides is 1. The van der Waals surface area contributed by atoms with Gasteiger partial charge in [0.2, 0.25) is 0 Å². The number of furan rings is 1. The molecule has 3 heterocycles. The molecule has 2 N–H and O–H groups in total. The number of ether oxygens (including phenoxy) is 1. The lowest BCUT2D eigenvalue weighted by Gasteiger charge is -2.40. The fourth-order valence-electron chi connectivity index (χ4n) is 2.66. The fourth-order valence-corrected chi connectivity index (χ4v) is 2.66. The minimum Gasteiger partial charge on any atom is -0.463 e. The van der Waals surface area contributed by atoms with Crippen molar-refractivity contribution in [1.29, 1.82) is 0 Å². The molecular formula is C16H22N4O3. The van der Waals surface area contributed by atoms with E-state index in [9.17, 15) is 4.79 Å². The molecule has 0 unspecified atom stereocenters. The van der Waals surface area contributed by atoms with Crippen LogP contribution in [0.15, 0.2) is 28.9 Å². The Balaban J connectivity index is 1.58. The smallest absolute Gasteiger partial charge is 0.271 e. The summed E-state index contributed by atoms with van der Waals surface area (Å²) in [5, 5.41) is 9.83. The first-order valence-electron chi connectivity index (χ1n) is 7.76. The van der Waals surface area contributed by atoms with Crippen LogP contribution in [-0.4, -0.2) is 59.4 Å². The lowest BCUT2D eigenvalue weighted by atomic mass is 10.0. The Hall–Kier alpha value is -2.12. The zero-order valence-electron chi connectivity index (χ0n) is 13.5. The number of aromatic nitrogens is 2. The van der Waals surface area contributed by atoms with Gasteiger partial charge in [-0.2, -0.15) is 5.10 Å². The molecule has 1 saturated heterocycles. The molecule has 1 amide bonds. The van der Waals surface area contributed by atoms with Crippen molar-refractivity contribution in [2.75, 3.05) is 32.8 Å². The third-order valence-corrected chi connectivity index (χ3v) is 4.15. The average molecular weight is 318 g/mol. The Morgan fingerprint density at radius 1 is 1.43 bits per heavy atom. The molecule has 1 aliphatic heterocycles. The van der Waals surface area contributed by atoms with Crippen LogP contribution in [0.1, 0.15) is 24.3 Å². The first-order chi connectivity index (χ1) is 11.1. The van der Waals surface area contributed by atoms with Gasteiger partial charge in [-0.05, 0) is 26.0 Å². The maximum Gasteiger partial charge on any atom is 0.271 e. The van der Waals surface area contributed by atoms with Gasteiger partial charge in [0.05, 0.1) is 19.5 Å². The quantitative estimate of drug-likeness (QED) is 0.873. The number of nitrogens with one attached hydrogen (secondary N) is 2. The fraction of sp³-hybridized carbons (Fsp3) is 0.500. The summed E-state index contributed by atoms with van der Waals surface area (Å²) in [6.45, 7) is 8.04. The second-order valence-corrected chi connectivity index (χ2v) is 6.24. The zero-order chi connectivity index (χ0) is 16.3. The van der Waals surface area contributed by atoms with E-state index >= 15 is 0 Å². The summed E-state index contributed by atoms with van der Waals surface area (Å²) in [6.07, 6.45) is 1.58. The van der Waals surface area contributed by atoms with Crippen LogP contribution in [0, 0.1) is 0 Å². The Labute approximate surface area is 135 Å². The molecule has 1 fully saturated rings. The van der Waals surface area contributed by atoms with Crippen molar-refractivity contribution in [2.45, 2.75) is 19.4 Å². The summed E-state index contributed by atoms with van der Waals surface area (Å²) in [5.74, 6) is 0.464. The van der Waals surface area contributed by atoms with Gasteiger partial charge in [-0.3, -0.25) is 14.8 Å². The number of carbonyl (C=O) groups excluding carboxylic acids is 1. The van der Waals surface area contributed by atoms with E-state index in [0.717, 1.165) is 26.3 Å². The van der Waals surface area contributed by atoms with E-state index in [0.29, 0.717) is 23.7 Å². The molecule has 3 rings (SSSR count). The Morgan fingerprint density at radius 3 is 2.91 bits per heavy atom. The highest BCUT2D eigenvalue weighted by atomic mass is 16.5. The monoisotopic (exact) mass is 318 g/mol. The second-order valence-electron chi connectivity index (χ2n) is 6.24. The van der Waals surface area contributed by atoms with Gasteiger partial charge >= 0.3 is 0 Å². The van der Waals surface area contributed by atoms with E-state index in [-0.39, 0.29) is 11.4 Å². The second kappa shape index (κ2) is 6.55. The first kappa shape index (κ1) is 15.8. The molecule has 2 aromatic rings. The van der Waals surface area contributed by atoms with Crippen molar-refractivity contribution in [1.82, 2.24) is 20.4 Å². The predicted molar refractivity (Wildman–Crippen MR) is 85.1 cm³/mol. The van der Waals surface area contributed by atoms with E-state index in [1.165, 1.54) is 0 Å². The molecule has 7 heteroatoms. The summed E-state index contributed by atoms with van der Waals surface area (Å²) >= 11 is 0. The summed E-state index contributed by atoms with van der Waals surface area (Å²) in [5.41, 5.74) is 0.918. The summed E-state index contributed by atoms with van der Waals surface area (Å²) in [4.78, 5) is 14.6. The molecule has 0 atom stereocenters. The SMILES string of the molecule is CC(C)(CNC(=O)c1cc(-c2ccco2)[nH]n1)N1CCOCC1. The lowest BCUT2D eigenvalue weighted by molar-refractivity contribution is -0.00924. The summed E-state index contributed by atoms with van der Waals surface area (Å²) in [7, 11) is 0. The van der Waals surface area contributed by atoms with Gasteiger partial charge < -0.3 is 14.5 Å². The number of rotatable bonds is 5. The Morgan fingerprint density at radius 2 is 2.22 bits per heavy atom. The summed E-state index contributed by atoms with van der Waals surface area (Å²) in [6, 6.07) is 5.30. The molecular weight excluding hydrogens is 296 g/mol. The Kier molecular flexibility index (Phi) is 4.49.